The summed E-state index contributed by atoms with van der Waals surface area (Å²) < 4.78 is 45.6. The Balaban J connectivity index is 0.00000324. The van der Waals surface area contributed by atoms with Crippen molar-refractivity contribution in [3.8, 4) is 17.2 Å². The van der Waals surface area contributed by atoms with E-state index in [0.29, 0.717) is 42.3 Å². The molecule has 2 aromatic rings. The number of methoxy groups -OCH3 is 2. The third-order valence-corrected chi connectivity index (χ3v) is 6.85. The maximum atomic E-state index is 12.8. The smallest absolute Gasteiger partial charge is 0.287 e. The SMILES string of the molecule is COc1cc(/C=N/NC(CN2CCOCC2)C2=NS(=O)(=O)c3c(OC)cccc32)ccc1O.Cl. The molecule has 4 rings (SSSR count). The molecule has 1 saturated heterocycles. The fourth-order valence-electron chi connectivity index (χ4n) is 3.83. The summed E-state index contributed by atoms with van der Waals surface area (Å²) in [4.78, 5) is 2.25. The van der Waals surface area contributed by atoms with Crippen LogP contribution in [0.5, 0.6) is 17.2 Å². The first-order valence-electron chi connectivity index (χ1n) is 10.4. The van der Waals surface area contributed by atoms with E-state index in [1.165, 1.54) is 20.3 Å². The molecule has 0 radical (unpaired) electrons. The molecule has 2 heterocycles. The molecule has 0 bridgehead atoms. The number of aromatic hydroxyl groups is 1. The first-order chi connectivity index (χ1) is 15.9. The number of hydrogen-bond donors (Lipinski definition) is 2. The van der Waals surface area contributed by atoms with E-state index in [1.54, 1.807) is 36.5 Å². The van der Waals surface area contributed by atoms with Gasteiger partial charge in [0.25, 0.3) is 10.0 Å². The Labute approximate surface area is 204 Å². The van der Waals surface area contributed by atoms with Gasteiger partial charge in [-0.3, -0.25) is 10.3 Å². The van der Waals surface area contributed by atoms with E-state index in [1.807, 2.05) is 0 Å². The van der Waals surface area contributed by atoms with Crippen LogP contribution < -0.4 is 14.9 Å². The summed E-state index contributed by atoms with van der Waals surface area (Å²) in [5.74, 6) is 0.621. The van der Waals surface area contributed by atoms with Crippen LogP contribution >= 0.6 is 12.4 Å². The largest absolute Gasteiger partial charge is 0.504 e. The molecule has 1 fully saturated rings. The van der Waals surface area contributed by atoms with Gasteiger partial charge in [-0.15, -0.1) is 12.4 Å². The number of morpholine rings is 1. The lowest BCUT2D eigenvalue weighted by atomic mass is 10.0. The first-order valence-corrected chi connectivity index (χ1v) is 11.8. The number of hydrogen-bond acceptors (Lipinski definition) is 9. The standard InChI is InChI=1S/C22H26N4O6S.ClH/c1-30-19-5-3-4-16-21(25-33(28,29)22(16)19)17(14-26-8-10-32-11-9-26)24-23-13-15-6-7-18(27)20(12-15)31-2;/h3-7,12-13,17,24,27H,8-11,14H2,1-2H3;1H/b23-13+;. The minimum atomic E-state index is -3.89. The maximum absolute atomic E-state index is 12.8. The number of sulfonamides is 1. The van der Waals surface area contributed by atoms with Crippen molar-refractivity contribution in [2.24, 2.45) is 9.50 Å². The molecule has 2 aliphatic heterocycles. The number of rotatable bonds is 8. The number of halogens is 1. The van der Waals surface area contributed by atoms with Crippen molar-refractivity contribution in [3.05, 3.63) is 47.5 Å². The van der Waals surface area contributed by atoms with E-state index in [9.17, 15) is 13.5 Å². The predicted molar refractivity (Wildman–Crippen MR) is 130 cm³/mol. The van der Waals surface area contributed by atoms with Gasteiger partial charge in [-0.25, -0.2) is 0 Å². The van der Waals surface area contributed by atoms with Gasteiger partial charge in [0, 0.05) is 25.2 Å². The van der Waals surface area contributed by atoms with Crippen molar-refractivity contribution in [3.63, 3.8) is 0 Å². The second-order valence-electron chi connectivity index (χ2n) is 7.57. The second-order valence-corrected chi connectivity index (χ2v) is 9.11. The number of phenolic OH excluding ortho intramolecular Hbond substituents is 1. The lowest BCUT2D eigenvalue weighted by molar-refractivity contribution is 0.0364. The summed E-state index contributed by atoms with van der Waals surface area (Å²) in [5, 5.41) is 14.1. The van der Waals surface area contributed by atoms with Crippen LogP contribution in [0.4, 0.5) is 0 Å². The average molecular weight is 511 g/mol. The number of phenols is 1. The van der Waals surface area contributed by atoms with Crippen molar-refractivity contribution in [1.29, 1.82) is 0 Å². The van der Waals surface area contributed by atoms with Crippen molar-refractivity contribution in [1.82, 2.24) is 10.3 Å². The third kappa shape index (κ3) is 5.44. The van der Waals surface area contributed by atoms with Crippen molar-refractivity contribution in [2.45, 2.75) is 10.9 Å². The number of fused-ring (bicyclic) bond motifs is 1. The molecule has 0 aromatic heterocycles. The normalized spacial score (nSPS) is 18.0. The number of nitrogens with one attached hydrogen (secondary N) is 1. The van der Waals surface area contributed by atoms with Gasteiger partial charge >= 0.3 is 0 Å². The van der Waals surface area contributed by atoms with Crippen LogP contribution in [0.2, 0.25) is 0 Å². The number of ether oxygens (including phenoxy) is 3. The van der Waals surface area contributed by atoms with Crippen molar-refractivity contribution in [2.75, 3.05) is 47.1 Å². The van der Waals surface area contributed by atoms with Crippen LogP contribution in [-0.4, -0.2) is 83.5 Å². The zero-order chi connectivity index (χ0) is 23.4. The van der Waals surface area contributed by atoms with Crippen LogP contribution in [0.15, 0.2) is 50.8 Å². The molecule has 0 saturated carbocycles. The molecule has 1 unspecified atom stereocenters. The molecule has 2 aliphatic rings. The minimum absolute atomic E-state index is 0. The molecule has 0 spiro atoms. The Kier molecular flexibility index (Phi) is 8.37. The van der Waals surface area contributed by atoms with Gasteiger partial charge < -0.3 is 19.3 Å². The van der Waals surface area contributed by atoms with Gasteiger partial charge in [-0.05, 0) is 29.8 Å². The average Bonchev–Trinajstić information content (AvgIpc) is 3.11. The number of hydrazone groups is 1. The Morgan fingerprint density at radius 3 is 2.65 bits per heavy atom. The minimum Gasteiger partial charge on any atom is -0.504 e. The van der Waals surface area contributed by atoms with Gasteiger partial charge in [0.05, 0.1) is 39.4 Å². The highest BCUT2D eigenvalue weighted by Gasteiger charge is 2.36. The Bertz CT molecular complexity index is 1180. The summed E-state index contributed by atoms with van der Waals surface area (Å²) in [6.07, 6.45) is 1.57. The molecule has 34 heavy (non-hydrogen) atoms. The summed E-state index contributed by atoms with van der Waals surface area (Å²) in [6.45, 7) is 3.16. The van der Waals surface area contributed by atoms with Crippen LogP contribution in [-0.2, 0) is 14.8 Å². The molecule has 0 amide bonds. The van der Waals surface area contributed by atoms with Gasteiger partial charge in [0.2, 0.25) is 0 Å². The van der Waals surface area contributed by atoms with Crippen LogP contribution in [0.1, 0.15) is 11.1 Å². The van der Waals surface area contributed by atoms with Crippen LogP contribution in [0, 0.1) is 0 Å². The predicted octanol–water partition coefficient (Wildman–Crippen LogP) is 1.65. The lowest BCUT2D eigenvalue weighted by Crippen LogP contribution is -2.48. The summed E-state index contributed by atoms with van der Waals surface area (Å²) in [7, 11) is -0.988. The molecule has 10 nitrogen and oxygen atoms in total. The highest BCUT2D eigenvalue weighted by Crippen LogP contribution is 2.35. The Morgan fingerprint density at radius 2 is 1.94 bits per heavy atom. The fraction of sp³-hybridized carbons (Fsp3) is 0.364. The summed E-state index contributed by atoms with van der Waals surface area (Å²) in [5.41, 5.74) is 4.66. The topological polar surface area (TPSA) is 122 Å². The van der Waals surface area contributed by atoms with Crippen molar-refractivity contribution >= 4 is 34.4 Å². The fourth-order valence-corrected chi connectivity index (χ4v) is 5.26. The van der Waals surface area contributed by atoms with Crippen LogP contribution in [0.25, 0.3) is 0 Å². The van der Waals surface area contributed by atoms with Gasteiger partial charge in [-0.1, -0.05) is 12.1 Å². The highest BCUT2D eigenvalue weighted by molar-refractivity contribution is 7.91. The number of nitrogens with zero attached hydrogens (tertiary/aromatic N) is 3. The molecule has 12 heteroatoms. The van der Waals surface area contributed by atoms with Gasteiger partial charge in [0.15, 0.2) is 11.5 Å². The zero-order valence-corrected chi connectivity index (χ0v) is 20.4. The van der Waals surface area contributed by atoms with E-state index >= 15 is 0 Å². The third-order valence-electron chi connectivity index (χ3n) is 5.47. The van der Waals surface area contributed by atoms with E-state index < -0.39 is 16.1 Å². The van der Waals surface area contributed by atoms with E-state index in [2.05, 4.69) is 19.8 Å². The van der Waals surface area contributed by atoms with Gasteiger partial charge in [0.1, 0.15) is 16.7 Å². The lowest BCUT2D eigenvalue weighted by Gasteiger charge is -2.30. The Morgan fingerprint density at radius 1 is 1.21 bits per heavy atom. The zero-order valence-electron chi connectivity index (χ0n) is 18.8. The maximum Gasteiger partial charge on any atom is 0.287 e. The molecule has 184 valence electrons. The van der Waals surface area contributed by atoms with Crippen LogP contribution in [0.3, 0.4) is 0 Å². The molecular weight excluding hydrogens is 484 g/mol. The summed E-state index contributed by atoms with van der Waals surface area (Å²) >= 11 is 0. The molecule has 1 atom stereocenters. The first kappa shape index (κ1) is 25.8. The quantitative estimate of drug-likeness (QED) is 0.406. The van der Waals surface area contributed by atoms with E-state index in [0.717, 1.165) is 13.1 Å². The number of benzene rings is 2. The molecule has 2 aromatic carbocycles. The monoisotopic (exact) mass is 510 g/mol. The Hall–Kier alpha value is -2.86. The van der Waals surface area contributed by atoms with E-state index in [4.69, 9.17) is 14.2 Å². The van der Waals surface area contributed by atoms with Gasteiger partial charge in [-0.2, -0.15) is 17.9 Å². The molecule has 2 N–H and O–H groups in total. The second kappa shape index (κ2) is 11.0. The van der Waals surface area contributed by atoms with E-state index in [-0.39, 0.29) is 28.8 Å². The molecular formula is C22H27ClN4O6S. The summed E-state index contributed by atoms with van der Waals surface area (Å²) in [6, 6.07) is 9.43. The van der Waals surface area contributed by atoms with Crippen molar-refractivity contribution < 1.29 is 27.7 Å². The molecule has 0 aliphatic carbocycles. The highest BCUT2D eigenvalue weighted by atomic mass is 35.5.